The van der Waals surface area contributed by atoms with Gasteiger partial charge in [-0.05, 0) is 82.9 Å². The summed E-state index contributed by atoms with van der Waals surface area (Å²) in [6, 6.07) is 53.0. The van der Waals surface area contributed by atoms with Crippen LogP contribution in [0.25, 0.3) is 105 Å². The molecular formula is C49H33N5. The van der Waals surface area contributed by atoms with Gasteiger partial charge in [0.25, 0.3) is 0 Å². The molecule has 5 heteroatoms. The summed E-state index contributed by atoms with van der Waals surface area (Å²) >= 11 is 0. The average Bonchev–Trinajstić information content (AvgIpc) is 3.23. The van der Waals surface area contributed by atoms with E-state index >= 15 is 0 Å². The lowest BCUT2D eigenvalue weighted by Gasteiger charge is -2.10. The molecule has 6 aromatic carbocycles. The van der Waals surface area contributed by atoms with Crippen LogP contribution in [0.5, 0.6) is 0 Å². The highest BCUT2D eigenvalue weighted by molar-refractivity contribution is 5.98. The van der Waals surface area contributed by atoms with Crippen molar-refractivity contribution >= 4 is 66.1 Å². The lowest BCUT2D eigenvalue weighted by molar-refractivity contribution is 1.36. The van der Waals surface area contributed by atoms with Crippen LogP contribution in [0.1, 0.15) is 12.5 Å². The van der Waals surface area contributed by atoms with E-state index in [0.29, 0.717) is 5.69 Å². The molecule has 0 amide bonds. The van der Waals surface area contributed by atoms with Crippen molar-refractivity contribution in [3.05, 3.63) is 169 Å². The number of allylic oxidation sites excluding steroid dienone is 1. The van der Waals surface area contributed by atoms with Gasteiger partial charge in [-0.25, -0.2) is 15.0 Å². The summed E-state index contributed by atoms with van der Waals surface area (Å²) in [6.07, 6.45) is 5.85. The molecule has 4 aromatic heterocycles. The van der Waals surface area contributed by atoms with E-state index in [2.05, 4.69) is 145 Å². The van der Waals surface area contributed by atoms with Crippen LogP contribution in [0.4, 0.5) is 5.69 Å². The highest BCUT2D eigenvalue weighted by Crippen LogP contribution is 2.33. The van der Waals surface area contributed by atoms with Gasteiger partial charge in [0, 0.05) is 44.4 Å². The second kappa shape index (κ2) is 12.8. The first-order valence-corrected chi connectivity index (χ1v) is 18.1. The quantitative estimate of drug-likeness (QED) is 0.182. The second-order valence-electron chi connectivity index (χ2n) is 13.7. The van der Waals surface area contributed by atoms with E-state index in [9.17, 15) is 0 Å². The van der Waals surface area contributed by atoms with Crippen molar-refractivity contribution in [2.24, 2.45) is 0 Å². The molecule has 5 nitrogen and oxygen atoms in total. The van der Waals surface area contributed by atoms with Crippen LogP contribution in [0.2, 0.25) is 0 Å². The molecule has 4 heterocycles. The molecule has 0 saturated heterocycles. The standard InChI is InChI=1S/C49H33N5/c1-2-5-32-11-12-34-21-23-43(54-49(34)47(32)50)39-18-16-35-26-36(14-15-37(35)27-39)38-13-9-30-19-22-42(52-45(30)28-38)40-17-10-31-20-24-44(53-46(31)29-40)41-8-3-6-33-7-4-25-51-48(33)41/h2-29H,50H2,1H3/b5-2-. The van der Waals surface area contributed by atoms with Crippen molar-refractivity contribution in [2.45, 2.75) is 6.92 Å². The zero-order chi connectivity index (χ0) is 36.2. The first kappa shape index (κ1) is 31.5. The molecule has 0 spiro atoms. The number of hydrogen-bond donors (Lipinski definition) is 1. The Labute approximate surface area is 312 Å². The van der Waals surface area contributed by atoms with Gasteiger partial charge < -0.3 is 5.73 Å². The lowest BCUT2D eigenvalue weighted by Crippen LogP contribution is -1.95. The summed E-state index contributed by atoms with van der Waals surface area (Å²) in [7, 11) is 0. The molecule has 0 atom stereocenters. The summed E-state index contributed by atoms with van der Waals surface area (Å²) in [5, 5.41) is 6.63. The number of pyridine rings is 4. The molecule has 0 saturated carbocycles. The largest absolute Gasteiger partial charge is 0.396 e. The van der Waals surface area contributed by atoms with Crippen LogP contribution < -0.4 is 5.73 Å². The van der Waals surface area contributed by atoms with Gasteiger partial charge in [-0.3, -0.25) is 4.98 Å². The summed E-state index contributed by atoms with van der Waals surface area (Å²) in [4.78, 5) is 19.9. The van der Waals surface area contributed by atoms with Gasteiger partial charge in [0.15, 0.2) is 0 Å². The van der Waals surface area contributed by atoms with Crippen molar-refractivity contribution in [1.82, 2.24) is 19.9 Å². The van der Waals surface area contributed by atoms with Crippen molar-refractivity contribution in [3.63, 3.8) is 0 Å². The Morgan fingerprint density at radius 3 is 1.76 bits per heavy atom. The molecule has 0 aliphatic carbocycles. The van der Waals surface area contributed by atoms with E-state index in [-0.39, 0.29) is 0 Å². The monoisotopic (exact) mass is 691 g/mol. The molecule has 0 fully saturated rings. The lowest BCUT2D eigenvalue weighted by atomic mass is 9.98. The maximum atomic E-state index is 6.52. The topological polar surface area (TPSA) is 77.6 Å². The van der Waals surface area contributed by atoms with Crippen LogP contribution in [0, 0.1) is 0 Å². The molecule has 0 radical (unpaired) electrons. The number of fused-ring (bicyclic) bond motifs is 5. The molecule has 54 heavy (non-hydrogen) atoms. The molecule has 0 aliphatic rings. The summed E-state index contributed by atoms with van der Waals surface area (Å²) in [5.41, 5.74) is 19.9. The number of nitrogens with two attached hydrogens (primary N) is 1. The molecule has 0 bridgehead atoms. The minimum Gasteiger partial charge on any atom is -0.396 e. The summed E-state index contributed by atoms with van der Waals surface area (Å²) in [5.74, 6) is 0. The number of hydrogen-bond acceptors (Lipinski definition) is 5. The number of aromatic nitrogens is 4. The Bertz CT molecular complexity index is 3140. The number of nitrogen functional groups attached to an aromatic ring is 1. The number of rotatable bonds is 5. The predicted molar refractivity (Wildman–Crippen MR) is 226 cm³/mol. The number of nitrogens with zero attached hydrogens (tertiary/aromatic N) is 4. The third kappa shape index (κ3) is 5.51. The van der Waals surface area contributed by atoms with E-state index in [0.717, 1.165) is 105 Å². The van der Waals surface area contributed by atoms with Crippen LogP contribution in [-0.2, 0) is 0 Å². The zero-order valence-electron chi connectivity index (χ0n) is 29.5. The fourth-order valence-corrected chi connectivity index (χ4v) is 7.49. The Morgan fingerprint density at radius 1 is 0.444 bits per heavy atom. The van der Waals surface area contributed by atoms with Crippen molar-refractivity contribution < 1.29 is 0 Å². The number of anilines is 1. The molecule has 10 rings (SSSR count). The van der Waals surface area contributed by atoms with Gasteiger partial charge in [0.2, 0.25) is 0 Å². The number of para-hydroxylation sites is 1. The fraction of sp³-hybridized carbons (Fsp3) is 0.0204. The molecular weight excluding hydrogens is 659 g/mol. The van der Waals surface area contributed by atoms with Crippen molar-refractivity contribution in [2.75, 3.05) is 5.73 Å². The summed E-state index contributed by atoms with van der Waals surface area (Å²) in [6.45, 7) is 1.99. The van der Waals surface area contributed by atoms with E-state index in [1.807, 2.05) is 37.4 Å². The Morgan fingerprint density at radius 2 is 0.981 bits per heavy atom. The first-order valence-electron chi connectivity index (χ1n) is 18.1. The second-order valence-corrected chi connectivity index (χ2v) is 13.7. The van der Waals surface area contributed by atoms with Gasteiger partial charge in [0.1, 0.15) is 0 Å². The normalized spacial score (nSPS) is 11.8. The fourth-order valence-electron chi connectivity index (χ4n) is 7.49. The maximum Gasteiger partial charge on any atom is 0.0944 e. The van der Waals surface area contributed by atoms with Gasteiger partial charge in [-0.2, -0.15) is 0 Å². The third-order valence-corrected chi connectivity index (χ3v) is 10.3. The van der Waals surface area contributed by atoms with Crippen LogP contribution in [-0.4, -0.2) is 19.9 Å². The average molecular weight is 692 g/mol. The van der Waals surface area contributed by atoms with E-state index in [4.69, 9.17) is 20.7 Å². The minimum atomic E-state index is 0.702. The van der Waals surface area contributed by atoms with E-state index in [1.165, 1.54) is 0 Å². The van der Waals surface area contributed by atoms with Crippen LogP contribution in [0.3, 0.4) is 0 Å². The van der Waals surface area contributed by atoms with Gasteiger partial charge in [-0.1, -0.05) is 115 Å². The Hall–Kier alpha value is -7.24. The Kier molecular flexibility index (Phi) is 7.44. The summed E-state index contributed by atoms with van der Waals surface area (Å²) < 4.78 is 0. The van der Waals surface area contributed by atoms with E-state index < -0.39 is 0 Å². The molecule has 2 N–H and O–H groups in total. The minimum absolute atomic E-state index is 0.702. The molecule has 254 valence electrons. The van der Waals surface area contributed by atoms with Gasteiger partial charge >= 0.3 is 0 Å². The highest BCUT2D eigenvalue weighted by Gasteiger charge is 2.11. The smallest absolute Gasteiger partial charge is 0.0944 e. The number of benzene rings is 6. The van der Waals surface area contributed by atoms with Crippen molar-refractivity contribution in [1.29, 1.82) is 0 Å². The molecule has 0 aliphatic heterocycles. The van der Waals surface area contributed by atoms with Gasteiger partial charge in [-0.15, -0.1) is 0 Å². The Balaban J connectivity index is 0.967. The highest BCUT2D eigenvalue weighted by atomic mass is 14.7. The first-order chi connectivity index (χ1) is 26.6. The molecule has 10 aromatic rings. The van der Waals surface area contributed by atoms with Crippen LogP contribution in [0.15, 0.2) is 164 Å². The van der Waals surface area contributed by atoms with Crippen LogP contribution >= 0.6 is 0 Å². The molecule has 0 unspecified atom stereocenters. The third-order valence-electron chi connectivity index (χ3n) is 10.3. The van der Waals surface area contributed by atoms with Gasteiger partial charge in [0.05, 0.1) is 44.8 Å². The predicted octanol–water partition coefficient (Wildman–Crippen LogP) is 12.3. The maximum absolute atomic E-state index is 6.52. The zero-order valence-corrected chi connectivity index (χ0v) is 29.5. The van der Waals surface area contributed by atoms with E-state index in [1.54, 1.807) is 0 Å². The van der Waals surface area contributed by atoms with Crippen molar-refractivity contribution in [3.8, 4) is 44.9 Å². The SMILES string of the molecule is C/C=C\c1ccc2ccc(-c3ccc4cc(-c5ccc6ccc(-c7ccc8ccc(-c9cccc%10cccnc9%10)nc8c7)nc6c5)ccc4c3)nc2c1N.